The molecule has 0 saturated heterocycles. The molecular weight excluding hydrogens is 283 g/mol. The molecule has 5 nitrogen and oxygen atoms in total. The van der Waals surface area contributed by atoms with Crippen LogP contribution in [0.1, 0.15) is 36.8 Å². The van der Waals surface area contributed by atoms with Gasteiger partial charge >= 0.3 is 0 Å². The van der Waals surface area contributed by atoms with Crippen molar-refractivity contribution < 1.29 is 9.50 Å². The number of halogens is 1. The van der Waals surface area contributed by atoms with Gasteiger partial charge in [-0.05, 0) is 37.3 Å². The van der Waals surface area contributed by atoms with Crippen LogP contribution in [0.2, 0.25) is 0 Å². The first-order valence-corrected chi connectivity index (χ1v) is 7.81. The molecule has 1 fully saturated rings. The summed E-state index contributed by atoms with van der Waals surface area (Å²) >= 11 is 0. The van der Waals surface area contributed by atoms with Crippen LogP contribution in [0, 0.1) is 11.7 Å². The predicted molar refractivity (Wildman–Crippen MR) is 79.8 cm³/mol. The molecule has 2 aliphatic rings. The van der Waals surface area contributed by atoms with Crippen molar-refractivity contribution in [2.75, 3.05) is 11.4 Å². The highest BCUT2D eigenvalue weighted by Crippen LogP contribution is 2.40. The van der Waals surface area contributed by atoms with Crippen molar-refractivity contribution in [1.82, 2.24) is 14.8 Å². The maximum atomic E-state index is 14.0. The molecule has 1 aliphatic heterocycles. The van der Waals surface area contributed by atoms with Crippen molar-refractivity contribution in [2.45, 2.75) is 38.5 Å². The molecule has 2 aromatic heterocycles. The molecule has 6 heteroatoms. The number of aromatic nitrogens is 3. The van der Waals surface area contributed by atoms with Gasteiger partial charge in [0, 0.05) is 19.3 Å². The van der Waals surface area contributed by atoms with E-state index in [2.05, 4.69) is 10.1 Å². The van der Waals surface area contributed by atoms with Crippen LogP contribution in [0.15, 0.2) is 24.5 Å². The van der Waals surface area contributed by atoms with Gasteiger partial charge < -0.3 is 10.0 Å². The fraction of sp³-hybridized carbons (Fsp3) is 0.500. The van der Waals surface area contributed by atoms with Gasteiger partial charge in [-0.25, -0.2) is 4.39 Å². The van der Waals surface area contributed by atoms with Crippen molar-refractivity contribution in [3.8, 4) is 0 Å². The zero-order valence-corrected chi connectivity index (χ0v) is 12.3. The standard InChI is InChI=1S/C16H19FN4O/c17-13-9-18-5-4-15(13)20-6-1-7-21-12(10-20)8-14(19-21)16(22)11-2-3-11/h4-5,8-9,11,16,22H,1-3,6-7,10H2/t16-/m0/s1. The Morgan fingerprint density at radius 2 is 2.18 bits per heavy atom. The third-order valence-corrected chi connectivity index (χ3v) is 4.50. The minimum Gasteiger partial charge on any atom is -0.386 e. The van der Waals surface area contributed by atoms with Crippen LogP contribution in [0.5, 0.6) is 0 Å². The Balaban J connectivity index is 1.61. The Labute approximate surface area is 128 Å². The molecule has 0 spiro atoms. The summed E-state index contributed by atoms with van der Waals surface area (Å²) in [5, 5.41) is 14.8. The zero-order valence-electron chi connectivity index (χ0n) is 12.3. The van der Waals surface area contributed by atoms with Gasteiger partial charge in [0.25, 0.3) is 0 Å². The highest BCUT2D eigenvalue weighted by atomic mass is 19.1. The lowest BCUT2D eigenvalue weighted by molar-refractivity contribution is 0.148. The maximum Gasteiger partial charge on any atom is 0.164 e. The average Bonchev–Trinajstić information content (AvgIpc) is 3.32. The Kier molecular flexibility index (Phi) is 3.33. The molecule has 1 saturated carbocycles. The summed E-state index contributed by atoms with van der Waals surface area (Å²) in [6.07, 6.45) is 5.47. The molecule has 3 heterocycles. The Morgan fingerprint density at radius 1 is 1.32 bits per heavy atom. The van der Waals surface area contributed by atoms with Crippen molar-refractivity contribution in [3.05, 3.63) is 41.7 Å². The van der Waals surface area contributed by atoms with Crippen LogP contribution in [0.25, 0.3) is 0 Å². The fourth-order valence-corrected chi connectivity index (χ4v) is 3.11. The van der Waals surface area contributed by atoms with E-state index in [1.807, 2.05) is 15.6 Å². The van der Waals surface area contributed by atoms with Gasteiger partial charge in [0.05, 0.1) is 29.8 Å². The summed E-state index contributed by atoms with van der Waals surface area (Å²) < 4.78 is 15.9. The van der Waals surface area contributed by atoms with Gasteiger partial charge in [-0.2, -0.15) is 5.10 Å². The minimum atomic E-state index is -0.453. The molecule has 0 aromatic carbocycles. The zero-order chi connectivity index (χ0) is 15.1. The maximum absolute atomic E-state index is 14.0. The molecule has 0 unspecified atom stereocenters. The SMILES string of the molecule is O[C@H](c1cc2n(n1)CCCN(c1ccncc1F)C2)C1CC1. The molecule has 22 heavy (non-hydrogen) atoms. The molecular formula is C16H19FN4O. The summed E-state index contributed by atoms with van der Waals surface area (Å²) in [6.45, 7) is 2.19. The van der Waals surface area contributed by atoms with Crippen molar-refractivity contribution in [2.24, 2.45) is 5.92 Å². The summed E-state index contributed by atoms with van der Waals surface area (Å²) in [4.78, 5) is 5.83. The smallest absolute Gasteiger partial charge is 0.164 e. The number of hydrogen-bond donors (Lipinski definition) is 1. The predicted octanol–water partition coefficient (Wildman–Crippen LogP) is 2.27. The van der Waals surface area contributed by atoms with E-state index in [0.717, 1.165) is 43.7 Å². The van der Waals surface area contributed by atoms with E-state index in [-0.39, 0.29) is 5.82 Å². The molecule has 1 N–H and O–H groups in total. The highest BCUT2D eigenvalue weighted by Gasteiger charge is 2.33. The van der Waals surface area contributed by atoms with E-state index < -0.39 is 6.10 Å². The van der Waals surface area contributed by atoms with Crippen LogP contribution < -0.4 is 4.90 Å². The lowest BCUT2D eigenvalue weighted by atomic mass is 10.1. The van der Waals surface area contributed by atoms with E-state index in [9.17, 15) is 9.50 Å². The summed E-state index contributed by atoms with van der Waals surface area (Å²) in [5.74, 6) is 0.0709. The number of anilines is 1. The highest BCUT2D eigenvalue weighted by molar-refractivity contribution is 5.46. The van der Waals surface area contributed by atoms with Crippen molar-refractivity contribution in [1.29, 1.82) is 0 Å². The second-order valence-electron chi connectivity index (χ2n) is 6.17. The summed E-state index contributed by atoms with van der Waals surface area (Å²) in [6, 6.07) is 3.68. The largest absolute Gasteiger partial charge is 0.386 e. The number of hydrogen-bond acceptors (Lipinski definition) is 4. The van der Waals surface area contributed by atoms with Crippen LogP contribution in [-0.2, 0) is 13.1 Å². The molecule has 2 aromatic rings. The summed E-state index contributed by atoms with van der Waals surface area (Å²) in [7, 11) is 0. The monoisotopic (exact) mass is 302 g/mol. The number of aliphatic hydroxyl groups excluding tert-OH is 1. The lowest BCUT2D eigenvalue weighted by Crippen LogP contribution is -2.23. The first-order valence-electron chi connectivity index (χ1n) is 7.81. The van der Waals surface area contributed by atoms with Gasteiger partial charge in [-0.3, -0.25) is 9.67 Å². The van der Waals surface area contributed by atoms with E-state index in [0.29, 0.717) is 18.2 Å². The van der Waals surface area contributed by atoms with E-state index in [4.69, 9.17) is 0 Å². The van der Waals surface area contributed by atoms with Crippen LogP contribution in [-0.4, -0.2) is 26.4 Å². The minimum absolute atomic E-state index is 0.297. The number of aliphatic hydroxyl groups is 1. The summed E-state index contributed by atoms with van der Waals surface area (Å²) in [5.41, 5.74) is 2.37. The van der Waals surface area contributed by atoms with Gasteiger partial charge in [-0.15, -0.1) is 0 Å². The Bertz CT molecular complexity index is 683. The number of aryl methyl sites for hydroxylation is 1. The molecule has 1 aliphatic carbocycles. The normalized spacial score (nSPS) is 19.6. The second-order valence-corrected chi connectivity index (χ2v) is 6.17. The first-order chi connectivity index (χ1) is 10.7. The van der Waals surface area contributed by atoms with E-state index in [1.165, 1.54) is 6.20 Å². The first kappa shape index (κ1) is 13.7. The third-order valence-electron chi connectivity index (χ3n) is 4.50. The van der Waals surface area contributed by atoms with Crippen LogP contribution in [0.3, 0.4) is 0 Å². The van der Waals surface area contributed by atoms with Gasteiger partial charge in [0.15, 0.2) is 5.82 Å². The fourth-order valence-electron chi connectivity index (χ4n) is 3.11. The van der Waals surface area contributed by atoms with Crippen molar-refractivity contribution >= 4 is 5.69 Å². The van der Waals surface area contributed by atoms with Gasteiger partial charge in [-0.1, -0.05) is 0 Å². The lowest BCUT2D eigenvalue weighted by Gasteiger charge is -2.22. The number of fused-ring (bicyclic) bond motifs is 1. The van der Waals surface area contributed by atoms with Crippen molar-refractivity contribution in [3.63, 3.8) is 0 Å². The van der Waals surface area contributed by atoms with E-state index in [1.54, 1.807) is 12.3 Å². The second kappa shape index (κ2) is 5.35. The Hall–Kier alpha value is -1.95. The number of pyridine rings is 1. The third kappa shape index (κ3) is 2.47. The number of rotatable bonds is 3. The van der Waals surface area contributed by atoms with Gasteiger partial charge in [0.2, 0.25) is 0 Å². The molecule has 0 radical (unpaired) electrons. The van der Waals surface area contributed by atoms with Crippen LogP contribution in [0.4, 0.5) is 10.1 Å². The Morgan fingerprint density at radius 3 is 2.95 bits per heavy atom. The van der Waals surface area contributed by atoms with Crippen LogP contribution >= 0.6 is 0 Å². The van der Waals surface area contributed by atoms with Gasteiger partial charge in [0.1, 0.15) is 6.10 Å². The van der Waals surface area contributed by atoms with E-state index >= 15 is 0 Å². The quantitative estimate of drug-likeness (QED) is 0.945. The average molecular weight is 302 g/mol. The molecule has 0 bridgehead atoms. The number of nitrogens with zero attached hydrogens (tertiary/aromatic N) is 4. The molecule has 0 amide bonds. The topological polar surface area (TPSA) is 54.2 Å². The molecule has 116 valence electrons. The molecule has 4 rings (SSSR count). The molecule has 1 atom stereocenters.